The van der Waals surface area contributed by atoms with Crippen molar-refractivity contribution in [3.05, 3.63) is 11.6 Å². The second-order valence-corrected chi connectivity index (χ2v) is 8.90. The first kappa shape index (κ1) is 17.4. The molecule has 2 saturated heterocycles. The lowest BCUT2D eigenvalue weighted by Crippen LogP contribution is -2.45. The van der Waals surface area contributed by atoms with E-state index in [-0.39, 0.29) is 11.2 Å². The lowest BCUT2D eigenvalue weighted by molar-refractivity contribution is -0.167. The standard InChI is InChI=1S/C20H34O3/c1-14(2)20-12-11-18(4,23-20)16(21)9-8-15(3)7-6-10-19(5)17(13-20)22-19/h7,14,16-17,21H,6,8-13H2,1-5H3/b15-7-/t16-,17+,18-,19+,20-/m1/s1. The number of aliphatic hydroxyl groups excluding tert-OH is 1. The van der Waals surface area contributed by atoms with Gasteiger partial charge in [0.05, 0.1) is 29.0 Å². The van der Waals surface area contributed by atoms with Crippen LogP contribution >= 0.6 is 0 Å². The summed E-state index contributed by atoms with van der Waals surface area (Å²) in [6, 6.07) is 0. The van der Waals surface area contributed by atoms with E-state index in [4.69, 9.17) is 9.47 Å². The molecule has 1 N–H and O–H groups in total. The molecule has 0 aromatic heterocycles. The lowest BCUT2D eigenvalue weighted by atomic mass is 9.80. The Morgan fingerprint density at radius 2 is 1.91 bits per heavy atom. The highest BCUT2D eigenvalue weighted by Gasteiger charge is 2.59. The monoisotopic (exact) mass is 322 g/mol. The van der Waals surface area contributed by atoms with Gasteiger partial charge in [-0.05, 0) is 65.2 Å². The van der Waals surface area contributed by atoms with E-state index in [1.54, 1.807) is 0 Å². The first-order chi connectivity index (χ1) is 10.7. The van der Waals surface area contributed by atoms with Crippen LogP contribution in [-0.2, 0) is 9.47 Å². The maximum Gasteiger partial charge on any atom is 0.0924 e. The molecule has 2 fully saturated rings. The third kappa shape index (κ3) is 3.25. The zero-order chi connectivity index (χ0) is 16.9. The van der Waals surface area contributed by atoms with Crippen LogP contribution in [-0.4, -0.2) is 34.1 Å². The molecule has 0 amide bonds. The van der Waals surface area contributed by atoms with Gasteiger partial charge in [0.1, 0.15) is 0 Å². The zero-order valence-corrected chi connectivity index (χ0v) is 15.5. The molecule has 3 heterocycles. The van der Waals surface area contributed by atoms with E-state index < -0.39 is 11.7 Å². The summed E-state index contributed by atoms with van der Waals surface area (Å²) < 4.78 is 12.8. The van der Waals surface area contributed by atoms with Crippen molar-refractivity contribution >= 4 is 0 Å². The SMILES string of the molecule is C/C1=C/CC[C@]2(C)O[C@H]2C[C@@]2(C(C)C)CC[C@@](C)(O2)[C@H](O)CC1. The van der Waals surface area contributed by atoms with E-state index in [0.717, 1.165) is 44.9 Å². The molecule has 2 bridgehead atoms. The topological polar surface area (TPSA) is 42.0 Å². The molecule has 0 unspecified atom stereocenters. The van der Waals surface area contributed by atoms with Gasteiger partial charge in [0.15, 0.2) is 0 Å². The van der Waals surface area contributed by atoms with E-state index in [1.807, 2.05) is 0 Å². The molecule has 3 rings (SSSR count). The quantitative estimate of drug-likeness (QED) is 0.575. The molecule has 0 aromatic rings. The molecule has 3 aliphatic rings. The van der Waals surface area contributed by atoms with Crippen LogP contribution < -0.4 is 0 Å². The van der Waals surface area contributed by atoms with Gasteiger partial charge < -0.3 is 14.6 Å². The molecule has 132 valence electrons. The Morgan fingerprint density at radius 1 is 1.17 bits per heavy atom. The van der Waals surface area contributed by atoms with Gasteiger partial charge in [0.2, 0.25) is 0 Å². The first-order valence-electron chi connectivity index (χ1n) is 9.41. The fourth-order valence-corrected chi connectivity index (χ4v) is 4.51. The number of ether oxygens (including phenoxy) is 2. The molecule has 5 atom stereocenters. The van der Waals surface area contributed by atoms with Gasteiger partial charge in [0.25, 0.3) is 0 Å². The molecule has 0 aromatic carbocycles. The average Bonchev–Trinajstić information content (AvgIpc) is 2.94. The second-order valence-electron chi connectivity index (χ2n) is 8.90. The molecule has 3 aliphatic heterocycles. The summed E-state index contributed by atoms with van der Waals surface area (Å²) in [6.45, 7) is 11.0. The Hall–Kier alpha value is -0.380. The van der Waals surface area contributed by atoms with Crippen molar-refractivity contribution in [3.63, 3.8) is 0 Å². The summed E-state index contributed by atoms with van der Waals surface area (Å²) in [5.74, 6) is 0.440. The number of epoxide rings is 1. The summed E-state index contributed by atoms with van der Waals surface area (Å²) >= 11 is 0. The molecule has 0 saturated carbocycles. The van der Waals surface area contributed by atoms with Gasteiger partial charge in [-0.2, -0.15) is 0 Å². The van der Waals surface area contributed by atoms with Gasteiger partial charge in [-0.25, -0.2) is 0 Å². The second kappa shape index (κ2) is 5.86. The van der Waals surface area contributed by atoms with Gasteiger partial charge in [-0.1, -0.05) is 25.5 Å². The Bertz CT molecular complexity index is 485. The third-order valence-corrected chi connectivity index (χ3v) is 6.75. The highest BCUT2D eigenvalue weighted by Crippen LogP contribution is 2.53. The van der Waals surface area contributed by atoms with Gasteiger partial charge >= 0.3 is 0 Å². The molecular formula is C20H34O3. The summed E-state index contributed by atoms with van der Waals surface area (Å²) in [4.78, 5) is 0. The average molecular weight is 322 g/mol. The first-order valence-corrected chi connectivity index (χ1v) is 9.41. The summed E-state index contributed by atoms with van der Waals surface area (Å²) in [5.41, 5.74) is 0.840. The Labute approximate surface area is 141 Å². The van der Waals surface area contributed by atoms with Crippen LogP contribution in [0.15, 0.2) is 11.6 Å². The molecular weight excluding hydrogens is 288 g/mol. The van der Waals surface area contributed by atoms with Crippen LogP contribution in [0.4, 0.5) is 0 Å². The van der Waals surface area contributed by atoms with E-state index >= 15 is 0 Å². The van der Waals surface area contributed by atoms with Crippen LogP contribution in [0.1, 0.15) is 79.6 Å². The molecule has 3 heteroatoms. The summed E-state index contributed by atoms with van der Waals surface area (Å²) in [7, 11) is 0. The highest BCUT2D eigenvalue weighted by atomic mass is 16.6. The van der Waals surface area contributed by atoms with Crippen molar-refractivity contribution in [3.8, 4) is 0 Å². The molecule has 0 spiro atoms. The van der Waals surface area contributed by atoms with E-state index in [2.05, 4.69) is 40.7 Å². The maximum atomic E-state index is 10.8. The Balaban J connectivity index is 1.85. The van der Waals surface area contributed by atoms with Gasteiger partial charge in [-0.15, -0.1) is 0 Å². The van der Waals surface area contributed by atoms with Crippen molar-refractivity contribution in [2.45, 2.75) is 109 Å². The van der Waals surface area contributed by atoms with Crippen molar-refractivity contribution in [1.29, 1.82) is 0 Å². The fourth-order valence-electron chi connectivity index (χ4n) is 4.51. The Morgan fingerprint density at radius 3 is 2.61 bits per heavy atom. The number of hydrogen-bond donors (Lipinski definition) is 1. The summed E-state index contributed by atoms with van der Waals surface area (Å²) in [6.07, 6.45) is 9.09. The van der Waals surface area contributed by atoms with Crippen LogP contribution in [0.2, 0.25) is 0 Å². The minimum absolute atomic E-state index is 0.0215. The summed E-state index contributed by atoms with van der Waals surface area (Å²) in [5, 5.41) is 10.8. The fraction of sp³-hybridized carbons (Fsp3) is 0.900. The van der Waals surface area contributed by atoms with Crippen LogP contribution in [0.5, 0.6) is 0 Å². The van der Waals surface area contributed by atoms with Crippen LogP contribution in [0.3, 0.4) is 0 Å². The third-order valence-electron chi connectivity index (χ3n) is 6.75. The van der Waals surface area contributed by atoms with Gasteiger partial charge in [-0.3, -0.25) is 0 Å². The largest absolute Gasteiger partial charge is 0.390 e. The van der Waals surface area contributed by atoms with Crippen molar-refractivity contribution in [1.82, 2.24) is 0 Å². The predicted octanol–water partition coefficient (Wildman–Crippen LogP) is 4.38. The van der Waals surface area contributed by atoms with Crippen molar-refractivity contribution in [2.24, 2.45) is 5.92 Å². The lowest BCUT2D eigenvalue weighted by Gasteiger charge is -2.38. The zero-order valence-electron chi connectivity index (χ0n) is 15.5. The number of fused-ring (bicyclic) bond motifs is 3. The number of allylic oxidation sites excluding steroid dienone is 2. The minimum atomic E-state index is -0.413. The minimum Gasteiger partial charge on any atom is -0.390 e. The predicted molar refractivity (Wildman–Crippen MR) is 92.4 cm³/mol. The van der Waals surface area contributed by atoms with Crippen LogP contribution in [0, 0.1) is 5.92 Å². The molecule has 0 aliphatic carbocycles. The molecule has 23 heavy (non-hydrogen) atoms. The van der Waals surface area contributed by atoms with Crippen LogP contribution in [0.25, 0.3) is 0 Å². The number of rotatable bonds is 1. The van der Waals surface area contributed by atoms with Crippen molar-refractivity contribution in [2.75, 3.05) is 0 Å². The van der Waals surface area contributed by atoms with E-state index in [1.165, 1.54) is 5.57 Å². The number of hydrogen-bond acceptors (Lipinski definition) is 3. The molecule has 3 nitrogen and oxygen atoms in total. The highest BCUT2D eigenvalue weighted by molar-refractivity contribution is 5.10. The number of aliphatic hydroxyl groups is 1. The van der Waals surface area contributed by atoms with Crippen molar-refractivity contribution < 1.29 is 14.6 Å². The van der Waals surface area contributed by atoms with E-state index in [9.17, 15) is 5.11 Å². The smallest absolute Gasteiger partial charge is 0.0924 e. The molecule has 0 radical (unpaired) electrons. The normalized spacial score (nSPS) is 50.3. The van der Waals surface area contributed by atoms with Gasteiger partial charge in [0, 0.05) is 6.42 Å². The van der Waals surface area contributed by atoms with E-state index in [0.29, 0.717) is 12.0 Å². The Kier molecular flexibility index (Phi) is 4.44. The maximum absolute atomic E-state index is 10.8.